The zero-order valence-electron chi connectivity index (χ0n) is 8.77. The predicted octanol–water partition coefficient (Wildman–Crippen LogP) is 1.34. The number of hydrogen-bond acceptors (Lipinski definition) is 3. The number of nitrogens with zero attached hydrogens (tertiary/aromatic N) is 3. The van der Waals surface area contributed by atoms with E-state index in [-0.39, 0.29) is 5.78 Å². The maximum absolute atomic E-state index is 11.3. The number of aromatic nitrogens is 4. The molecule has 0 aliphatic heterocycles. The summed E-state index contributed by atoms with van der Waals surface area (Å²) in [7, 11) is 0. The summed E-state index contributed by atoms with van der Waals surface area (Å²) in [5, 5.41) is 11.6. The van der Waals surface area contributed by atoms with E-state index in [2.05, 4.69) is 15.5 Å². The number of benzene rings is 1. The smallest absolute Gasteiger partial charge is 0.181 e. The molecule has 0 radical (unpaired) electrons. The maximum Gasteiger partial charge on any atom is 0.181 e. The molecule has 0 amide bonds. The Morgan fingerprint density at radius 1 is 1.44 bits per heavy atom. The third-order valence-electron chi connectivity index (χ3n) is 2.67. The lowest BCUT2D eigenvalue weighted by Gasteiger charge is -1.94. The fraction of sp³-hybridized carbons (Fsp3) is 0.182. The monoisotopic (exact) mass is 214 g/mol. The second kappa shape index (κ2) is 3.16. The molecule has 0 aliphatic rings. The number of aromatic amines is 1. The number of H-pyrrole nitrogens is 1. The van der Waals surface area contributed by atoms with Gasteiger partial charge in [-0.2, -0.15) is 5.21 Å². The maximum atomic E-state index is 11.3. The van der Waals surface area contributed by atoms with E-state index in [1.54, 1.807) is 11.4 Å². The summed E-state index contributed by atoms with van der Waals surface area (Å²) in [4.78, 5) is 11.3. The zero-order valence-corrected chi connectivity index (χ0v) is 8.77. The Balaban J connectivity index is 2.42. The normalized spacial score (nSPS) is 11.3. The van der Waals surface area contributed by atoms with E-state index in [4.69, 9.17) is 0 Å². The van der Waals surface area contributed by atoms with E-state index in [9.17, 15) is 4.79 Å². The minimum absolute atomic E-state index is 0.126. The molecule has 0 spiro atoms. The number of ketones is 1. The first-order chi connectivity index (χ1) is 7.77. The molecule has 80 valence electrons. The van der Waals surface area contributed by atoms with Gasteiger partial charge in [-0.15, -0.1) is 5.10 Å². The number of carbonyl (C=O) groups excluding carboxylic acids is 1. The lowest BCUT2D eigenvalue weighted by Crippen LogP contribution is -1.96. The first-order valence-electron chi connectivity index (χ1n) is 5.06. The Morgan fingerprint density at radius 2 is 2.25 bits per heavy atom. The Bertz CT molecular complexity index is 679. The van der Waals surface area contributed by atoms with Crippen LogP contribution >= 0.6 is 0 Å². The molecule has 1 N–H and O–H groups in total. The van der Waals surface area contributed by atoms with E-state index < -0.39 is 0 Å². The molecule has 0 saturated heterocycles. The quantitative estimate of drug-likeness (QED) is 0.700. The molecule has 16 heavy (non-hydrogen) atoms. The number of para-hydroxylation sites is 1. The van der Waals surface area contributed by atoms with Gasteiger partial charge in [0.15, 0.2) is 5.65 Å². The molecule has 3 aromatic rings. The average Bonchev–Trinajstić information content (AvgIpc) is 2.82. The average molecular weight is 214 g/mol. The molecule has 0 aliphatic carbocycles. The van der Waals surface area contributed by atoms with Gasteiger partial charge < -0.3 is 0 Å². The van der Waals surface area contributed by atoms with Gasteiger partial charge >= 0.3 is 0 Å². The topological polar surface area (TPSA) is 63.0 Å². The number of nitrogens with one attached hydrogen (secondary N) is 1. The van der Waals surface area contributed by atoms with E-state index in [0.717, 1.165) is 22.1 Å². The highest BCUT2D eigenvalue weighted by molar-refractivity contribution is 5.94. The Morgan fingerprint density at radius 3 is 3.06 bits per heavy atom. The van der Waals surface area contributed by atoms with Crippen LogP contribution in [0.1, 0.15) is 12.5 Å². The number of fused-ring (bicyclic) bond motifs is 3. The van der Waals surface area contributed by atoms with Crippen molar-refractivity contribution in [1.29, 1.82) is 0 Å². The van der Waals surface area contributed by atoms with Crippen LogP contribution in [-0.4, -0.2) is 25.8 Å². The van der Waals surface area contributed by atoms with Crippen molar-refractivity contribution in [3.63, 3.8) is 0 Å². The molecule has 2 aromatic heterocycles. The Labute approximate surface area is 91.0 Å². The van der Waals surface area contributed by atoms with Crippen molar-refractivity contribution in [2.45, 2.75) is 13.3 Å². The molecule has 3 rings (SSSR count). The summed E-state index contributed by atoms with van der Waals surface area (Å²) in [5.41, 5.74) is 2.67. The van der Waals surface area contributed by atoms with Gasteiger partial charge in [0.05, 0.1) is 5.52 Å². The molecule has 0 bridgehead atoms. The highest BCUT2D eigenvalue weighted by Crippen LogP contribution is 2.24. The number of carbonyl (C=O) groups is 1. The molecule has 0 saturated carbocycles. The van der Waals surface area contributed by atoms with Gasteiger partial charge in [-0.3, -0.25) is 4.79 Å². The first-order valence-corrected chi connectivity index (χ1v) is 5.06. The van der Waals surface area contributed by atoms with Crippen molar-refractivity contribution in [1.82, 2.24) is 20.0 Å². The van der Waals surface area contributed by atoms with E-state index in [1.807, 2.05) is 24.3 Å². The molecule has 2 heterocycles. The van der Waals surface area contributed by atoms with Crippen LogP contribution in [0.25, 0.3) is 16.6 Å². The lowest BCUT2D eigenvalue weighted by molar-refractivity contribution is -0.116. The van der Waals surface area contributed by atoms with Gasteiger partial charge in [-0.1, -0.05) is 23.4 Å². The second-order valence-corrected chi connectivity index (χ2v) is 3.83. The summed E-state index contributed by atoms with van der Waals surface area (Å²) in [6.07, 6.45) is 0.392. The molecular weight excluding hydrogens is 204 g/mol. The van der Waals surface area contributed by atoms with Crippen molar-refractivity contribution in [3.8, 4) is 0 Å². The van der Waals surface area contributed by atoms with E-state index >= 15 is 0 Å². The van der Waals surface area contributed by atoms with Crippen molar-refractivity contribution in [2.24, 2.45) is 0 Å². The fourth-order valence-electron chi connectivity index (χ4n) is 2.04. The fourth-order valence-corrected chi connectivity index (χ4v) is 2.04. The SMILES string of the molecule is CC(=O)Cc1c2ccccc2n2[nH]nnc12. The molecule has 0 unspecified atom stereocenters. The molecule has 5 heteroatoms. The van der Waals surface area contributed by atoms with Gasteiger partial charge in [0.2, 0.25) is 0 Å². The minimum atomic E-state index is 0.126. The summed E-state index contributed by atoms with van der Waals surface area (Å²) in [6, 6.07) is 7.88. The van der Waals surface area contributed by atoms with Crippen LogP contribution in [0.5, 0.6) is 0 Å². The van der Waals surface area contributed by atoms with Gasteiger partial charge in [-0.05, 0) is 13.0 Å². The van der Waals surface area contributed by atoms with Crippen LogP contribution in [-0.2, 0) is 11.2 Å². The summed E-state index contributed by atoms with van der Waals surface area (Å²) >= 11 is 0. The van der Waals surface area contributed by atoms with Crippen LogP contribution in [0.2, 0.25) is 0 Å². The molecule has 0 fully saturated rings. The Kier molecular flexibility index (Phi) is 1.80. The number of hydrogen-bond donors (Lipinski definition) is 1. The van der Waals surface area contributed by atoms with Gasteiger partial charge in [0, 0.05) is 17.4 Å². The third-order valence-corrected chi connectivity index (χ3v) is 2.67. The largest absolute Gasteiger partial charge is 0.300 e. The van der Waals surface area contributed by atoms with Crippen molar-refractivity contribution >= 4 is 22.3 Å². The van der Waals surface area contributed by atoms with Gasteiger partial charge in [0.1, 0.15) is 5.78 Å². The molecular formula is C11H10N4O. The molecule has 5 nitrogen and oxygen atoms in total. The highest BCUT2D eigenvalue weighted by atomic mass is 16.1. The predicted molar refractivity (Wildman–Crippen MR) is 59.2 cm³/mol. The van der Waals surface area contributed by atoms with Crippen molar-refractivity contribution < 1.29 is 4.79 Å². The van der Waals surface area contributed by atoms with Crippen LogP contribution in [0, 0.1) is 0 Å². The second-order valence-electron chi connectivity index (χ2n) is 3.83. The summed E-state index contributed by atoms with van der Waals surface area (Å²) in [6.45, 7) is 1.58. The minimum Gasteiger partial charge on any atom is -0.300 e. The van der Waals surface area contributed by atoms with E-state index in [1.165, 1.54) is 0 Å². The van der Waals surface area contributed by atoms with Crippen LogP contribution in [0.15, 0.2) is 24.3 Å². The summed E-state index contributed by atoms with van der Waals surface area (Å²) in [5.74, 6) is 0.126. The third kappa shape index (κ3) is 1.14. The van der Waals surface area contributed by atoms with Crippen LogP contribution in [0.4, 0.5) is 0 Å². The molecule has 1 aromatic carbocycles. The number of rotatable bonds is 2. The van der Waals surface area contributed by atoms with E-state index in [0.29, 0.717) is 6.42 Å². The lowest BCUT2D eigenvalue weighted by atomic mass is 10.1. The van der Waals surface area contributed by atoms with Gasteiger partial charge in [0.25, 0.3) is 0 Å². The number of tetrazole rings is 1. The zero-order chi connectivity index (χ0) is 11.1. The van der Waals surface area contributed by atoms with Crippen LogP contribution in [0.3, 0.4) is 0 Å². The van der Waals surface area contributed by atoms with Gasteiger partial charge in [-0.25, -0.2) is 4.52 Å². The number of Topliss-reactive ketones (excluding diaryl/α,β-unsaturated/α-hetero) is 1. The summed E-state index contributed by atoms with van der Waals surface area (Å²) < 4.78 is 1.80. The Hall–Kier alpha value is -2.17. The van der Waals surface area contributed by atoms with Crippen molar-refractivity contribution in [2.75, 3.05) is 0 Å². The van der Waals surface area contributed by atoms with Crippen LogP contribution < -0.4 is 0 Å². The molecule has 0 atom stereocenters. The highest BCUT2D eigenvalue weighted by Gasteiger charge is 2.14. The standard InChI is InChI=1S/C11H10N4O/c1-7(16)6-9-8-4-2-3-5-10(8)15-11(9)12-13-14-15/h2-5H,6H2,1H3,(H,12,14). The van der Waals surface area contributed by atoms with Crippen molar-refractivity contribution in [3.05, 3.63) is 29.8 Å². The first kappa shape index (κ1) is 9.08.